The first kappa shape index (κ1) is 14.7. The van der Waals surface area contributed by atoms with Crippen LogP contribution in [0.2, 0.25) is 0 Å². The Kier molecular flexibility index (Phi) is 4.29. The lowest BCUT2D eigenvalue weighted by Crippen LogP contribution is -2.14. The number of halogens is 1. The Labute approximate surface area is 132 Å². The zero-order valence-corrected chi connectivity index (χ0v) is 12.1. The van der Waals surface area contributed by atoms with Crippen molar-refractivity contribution in [3.8, 4) is 11.6 Å². The van der Waals surface area contributed by atoms with Crippen molar-refractivity contribution in [3.05, 3.63) is 84.3 Å². The SMILES string of the molecule is O=C(Nc1cccnc1Oc1ccccc1)c1ccccc1F. The topological polar surface area (TPSA) is 51.2 Å². The van der Waals surface area contributed by atoms with Gasteiger partial charge < -0.3 is 10.1 Å². The number of amides is 1. The number of anilines is 1. The number of hydrogen-bond donors (Lipinski definition) is 1. The van der Waals surface area contributed by atoms with Gasteiger partial charge in [-0.3, -0.25) is 4.79 Å². The molecule has 0 bridgehead atoms. The zero-order valence-electron chi connectivity index (χ0n) is 12.1. The molecule has 1 N–H and O–H groups in total. The number of nitrogens with one attached hydrogen (secondary N) is 1. The highest BCUT2D eigenvalue weighted by Gasteiger charge is 2.14. The molecule has 1 aromatic heterocycles. The maximum atomic E-state index is 13.7. The van der Waals surface area contributed by atoms with E-state index in [0.29, 0.717) is 11.4 Å². The molecule has 4 nitrogen and oxygen atoms in total. The molecule has 1 heterocycles. The van der Waals surface area contributed by atoms with Crippen LogP contribution in [-0.4, -0.2) is 10.9 Å². The monoisotopic (exact) mass is 308 g/mol. The number of nitrogens with zero attached hydrogens (tertiary/aromatic N) is 1. The molecule has 0 aliphatic carbocycles. The molecule has 0 radical (unpaired) electrons. The van der Waals surface area contributed by atoms with Gasteiger partial charge in [0.15, 0.2) is 0 Å². The van der Waals surface area contributed by atoms with E-state index in [1.165, 1.54) is 18.2 Å². The molecule has 3 aromatic rings. The van der Waals surface area contributed by atoms with Gasteiger partial charge in [0.2, 0.25) is 5.88 Å². The van der Waals surface area contributed by atoms with E-state index in [0.717, 1.165) is 0 Å². The van der Waals surface area contributed by atoms with Crippen LogP contribution in [0.4, 0.5) is 10.1 Å². The Balaban J connectivity index is 1.84. The van der Waals surface area contributed by atoms with Gasteiger partial charge >= 0.3 is 0 Å². The van der Waals surface area contributed by atoms with Gasteiger partial charge in [-0.25, -0.2) is 9.37 Å². The summed E-state index contributed by atoms with van der Waals surface area (Å²) in [5, 5.41) is 2.62. The standard InChI is InChI=1S/C18H13FN2O2/c19-15-10-5-4-9-14(15)17(22)21-16-11-6-12-20-18(16)23-13-7-2-1-3-8-13/h1-12H,(H,21,22). The number of ether oxygens (including phenoxy) is 1. The zero-order chi connectivity index (χ0) is 16.1. The molecule has 1 amide bonds. The van der Waals surface area contributed by atoms with Crippen molar-refractivity contribution < 1.29 is 13.9 Å². The molecule has 0 saturated carbocycles. The predicted molar refractivity (Wildman–Crippen MR) is 85.1 cm³/mol. The minimum absolute atomic E-state index is 0.0398. The van der Waals surface area contributed by atoms with Crippen molar-refractivity contribution >= 4 is 11.6 Å². The molecular formula is C18H13FN2O2. The Hall–Kier alpha value is -3.21. The van der Waals surface area contributed by atoms with Gasteiger partial charge in [-0.2, -0.15) is 0 Å². The number of hydrogen-bond acceptors (Lipinski definition) is 3. The van der Waals surface area contributed by atoms with Crippen LogP contribution in [0.25, 0.3) is 0 Å². The summed E-state index contributed by atoms with van der Waals surface area (Å²) in [6.45, 7) is 0. The van der Waals surface area contributed by atoms with Crippen LogP contribution in [0, 0.1) is 5.82 Å². The lowest BCUT2D eigenvalue weighted by Gasteiger charge is -2.11. The number of rotatable bonds is 4. The lowest BCUT2D eigenvalue weighted by atomic mass is 10.2. The van der Waals surface area contributed by atoms with E-state index < -0.39 is 11.7 Å². The number of benzene rings is 2. The second kappa shape index (κ2) is 6.70. The third-order valence-electron chi connectivity index (χ3n) is 3.10. The van der Waals surface area contributed by atoms with Crippen LogP contribution < -0.4 is 10.1 Å². The van der Waals surface area contributed by atoms with Crippen LogP contribution >= 0.6 is 0 Å². The molecule has 0 spiro atoms. The molecule has 2 aromatic carbocycles. The van der Waals surface area contributed by atoms with E-state index in [-0.39, 0.29) is 11.4 Å². The van der Waals surface area contributed by atoms with E-state index in [1.54, 1.807) is 36.5 Å². The maximum Gasteiger partial charge on any atom is 0.258 e. The minimum atomic E-state index is -0.584. The molecule has 3 rings (SSSR count). The van der Waals surface area contributed by atoms with Crippen molar-refractivity contribution in [1.82, 2.24) is 4.98 Å². The quantitative estimate of drug-likeness (QED) is 0.783. The summed E-state index contributed by atoms with van der Waals surface area (Å²) >= 11 is 0. The molecule has 0 unspecified atom stereocenters. The van der Waals surface area contributed by atoms with Gasteiger partial charge in [0.1, 0.15) is 17.3 Å². The fourth-order valence-electron chi connectivity index (χ4n) is 2.00. The van der Waals surface area contributed by atoms with Crippen molar-refractivity contribution in [3.63, 3.8) is 0 Å². The van der Waals surface area contributed by atoms with Crippen LogP contribution in [0.3, 0.4) is 0 Å². The number of carbonyl (C=O) groups excluding carboxylic acids is 1. The number of pyridine rings is 1. The fraction of sp³-hybridized carbons (Fsp3) is 0. The minimum Gasteiger partial charge on any atom is -0.437 e. The summed E-state index contributed by atoms with van der Waals surface area (Å²) in [6, 6.07) is 18.2. The van der Waals surface area contributed by atoms with Crippen LogP contribution in [0.1, 0.15) is 10.4 Å². The molecule has 0 fully saturated rings. The summed E-state index contributed by atoms with van der Waals surface area (Å²) < 4.78 is 19.3. The molecule has 23 heavy (non-hydrogen) atoms. The third kappa shape index (κ3) is 3.52. The van der Waals surface area contributed by atoms with E-state index in [1.807, 2.05) is 18.2 Å². The molecule has 5 heteroatoms. The third-order valence-corrected chi connectivity index (χ3v) is 3.10. The van der Waals surface area contributed by atoms with E-state index >= 15 is 0 Å². The summed E-state index contributed by atoms with van der Waals surface area (Å²) in [5.74, 6) is -0.315. The van der Waals surface area contributed by atoms with Crippen LogP contribution in [0.5, 0.6) is 11.6 Å². The number of para-hydroxylation sites is 1. The van der Waals surface area contributed by atoms with Gasteiger partial charge in [0, 0.05) is 6.20 Å². The van der Waals surface area contributed by atoms with Gasteiger partial charge in [-0.15, -0.1) is 0 Å². The van der Waals surface area contributed by atoms with E-state index in [2.05, 4.69) is 10.3 Å². The van der Waals surface area contributed by atoms with Gasteiger partial charge in [0.05, 0.1) is 5.56 Å². The van der Waals surface area contributed by atoms with Crippen molar-refractivity contribution in [2.75, 3.05) is 5.32 Å². The Morgan fingerprint density at radius 2 is 1.70 bits per heavy atom. The van der Waals surface area contributed by atoms with E-state index in [4.69, 9.17) is 4.74 Å². The molecule has 0 saturated heterocycles. The second-order valence-corrected chi connectivity index (χ2v) is 4.71. The highest BCUT2D eigenvalue weighted by atomic mass is 19.1. The number of aromatic nitrogens is 1. The van der Waals surface area contributed by atoms with E-state index in [9.17, 15) is 9.18 Å². The first-order valence-corrected chi connectivity index (χ1v) is 6.98. The smallest absolute Gasteiger partial charge is 0.258 e. The molecule has 114 valence electrons. The maximum absolute atomic E-state index is 13.7. The molecule has 0 aliphatic rings. The summed E-state index contributed by atoms with van der Waals surface area (Å²) in [6.07, 6.45) is 1.55. The largest absolute Gasteiger partial charge is 0.437 e. The Morgan fingerprint density at radius 3 is 2.48 bits per heavy atom. The summed E-state index contributed by atoms with van der Waals surface area (Å²) in [5.41, 5.74) is 0.326. The highest BCUT2D eigenvalue weighted by Crippen LogP contribution is 2.27. The molecule has 0 aliphatic heterocycles. The summed E-state index contributed by atoms with van der Waals surface area (Å²) in [4.78, 5) is 16.3. The van der Waals surface area contributed by atoms with Crippen LogP contribution in [0.15, 0.2) is 72.9 Å². The second-order valence-electron chi connectivity index (χ2n) is 4.71. The first-order chi connectivity index (χ1) is 11.2. The van der Waals surface area contributed by atoms with Crippen molar-refractivity contribution in [1.29, 1.82) is 0 Å². The fourth-order valence-corrected chi connectivity index (χ4v) is 2.00. The van der Waals surface area contributed by atoms with Crippen molar-refractivity contribution in [2.24, 2.45) is 0 Å². The highest BCUT2D eigenvalue weighted by molar-refractivity contribution is 6.05. The lowest BCUT2D eigenvalue weighted by molar-refractivity contribution is 0.102. The van der Waals surface area contributed by atoms with Crippen LogP contribution in [-0.2, 0) is 0 Å². The normalized spacial score (nSPS) is 10.1. The van der Waals surface area contributed by atoms with Gasteiger partial charge in [0.25, 0.3) is 5.91 Å². The summed E-state index contributed by atoms with van der Waals surface area (Å²) in [7, 11) is 0. The average Bonchev–Trinajstić information content (AvgIpc) is 2.58. The number of carbonyl (C=O) groups is 1. The van der Waals surface area contributed by atoms with Crippen molar-refractivity contribution in [2.45, 2.75) is 0 Å². The Bertz CT molecular complexity index is 822. The molecule has 0 atom stereocenters. The first-order valence-electron chi connectivity index (χ1n) is 6.98. The Morgan fingerprint density at radius 1 is 0.957 bits per heavy atom. The molecular weight excluding hydrogens is 295 g/mol. The van der Waals surface area contributed by atoms with Gasteiger partial charge in [-0.05, 0) is 36.4 Å². The van der Waals surface area contributed by atoms with Gasteiger partial charge in [-0.1, -0.05) is 30.3 Å². The predicted octanol–water partition coefficient (Wildman–Crippen LogP) is 4.27. The average molecular weight is 308 g/mol.